The molecule has 7 nitrogen and oxygen atoms in total. The van der Waals surface area contributed by atoms with Gasteiger partial charge in [-0.2, -0.15) is 11.8 Å². The Bertz CT molecular complexity index is 432. The van der Waals surface area contributed by atoms with Crippen LogP contribution in [0.2, 0.25) is 0 Å². The second-order valence-electron chi connectivity index (χ2n) is 6.32. The molecule has 0 radical (unpaired) electrons. The fourth-order valence-electron chi connectivity index (χ4n) is 2.01. The molecule has 0 fully saturated rings. The summed E-state index contributed by atoms with van der Waals surface area (Å²) < 4.78 is 0. The van der Waals surface area contributed by atoms with E-state index in [1.165, 1.54) is 11.8 Å². The molecule has 0 aliphatic rings. The van der Waals surface area contributed by atoms with Gasteiger partial charge >= 0.3 is 5.97 Å². The molecule has 4 atom stereocenters. The van der Waals surface area contributed by atoms with Crippen LogP contribution in [-0.4, -0.2) is 53.0 Å². The summed E-state index contributed by atoms with van der Waals surface area (Å²) in [7, 11) is 0. The maximum Gasteiger partial charge on any atom is 0.326 e. The SMILES string of the molecule is CC[C@H](C)[C@H](NC(=O)[C@@H](N)C(C)C)C(=O)N[C@@H](CCSC)C(=O)O. The number of carbonyl (C=O) groups is 3. The minimum Gasteiger partial charge on any atom is -0.480 e. The van der Waals surface area contributed by atoms with E-state index in [9.17, 15) is 19.5 Å². The molecular weight excluding hydrogens is 330 g/mol. The van der Waals surface area contributed by atoms with E-state index in [4.69, 9.17) is 5.73 Å². The zero-order valence-electron chi connectivity index (χ0n) is 15.2. The van der Waals surface area contributed by atoms with E-state index in [0.29, 0.717) is 18.6 Å². The number of amides is 2. The fourth-order valence-corrected chi connectivity index (χ4v) is 2.48. The van der Waals surface area contributed by atoms with Crippen LogP contribution in [0.3, 0.4) is 0 Å². The summed E-state index contributed by atoms with van der Waals surface area (Å²) in [5.41, 5.74) is 5.82. The van der Waals surface area contributed by atoms with Crippen LogP contribution in [0.25, 0.3) is 0 Å². The summed E-state index contributed by atoms with van der Waals surface area (Å²) in [6.07, 6.45) is 2.86. The van der Waals surface area contributed by atoms with E-state index >= 15 is 0 Å². The third kappa shape index (κ3) is 7.53. The van der Waals surface area contributed by atoms with Crippen molar-refractivity contribution < 1.29 is 19.5 Å². The molecule has 0 saturated carbocycles. The molecule has 8 heteroatoms. The van der Waals surface area contributed by atoms with Crippen molar-refractivity contribution in [1.29, 1.82) is 0 Å². The van der Waals surface area contributed by atoms with Gasteiger partial charge in [-0.15, -0.1) is 0 Å². The molecule has 140 valence electrons. The average molecular weight is 362 g/mol. The van der Waals surface area contributed by atoms with Gasteiger partial charge in [0.1, 0.15) is 12.1 Å². The lowest BCUT2D eigenvalue weighted by Gasteiger charge is -2.27. The van der Waals surface area contributed by atoms with Crippen molar-refractivity contribution >= 4 is 29.5 Å². The Hall–Kier alpha value is -1.28. The first-order chi connectivity index (χ1) is 11.1. The molecule has 0 heterocycles. The Kier molecular flexibility index (Phi) is 10.7. The lowest BCUT2D eigenvalue weighted by molar-refractivity contribution is -0.142. The van der Waals surface area contributed by atoms with Gasteiger partial charge in [-0.05, 0) is 30.3 Å². The van der Waals surface area contributed by atoms with Crippen molar-refractivity contribution in [3.8, 4) is 0 Å². The first kappa shape index (κ1) is 22.7. The first-order valence-electron chi connectivity index (χ1n) is 8.23. The number of nitrogens with one attached hydrogen (secondary N) is 2. The molecule has 0 spiro atoms. The van der Waals surface area contributed by atoms with Crippen molar-refractivity contribution in [2.45, 2.75) is 58.7 Å². The highest BCUT2D eigenvalue weighted by Gasteiger charge is 2.31. The average Bonchev–Trinajstić information content (AvgIpc) is 2.53. The van der Waals surface area contributed by atoms with Crippen LogP contribution >= 0.6 is 11.8 Å². The van der Waals surface area contributed by atoms with Gasteiger partial charge in [0, 0.05) is 0 Å². The fraction of sp³-hybridized carbons (Fsp3) is 0.812. The summed E-state index contributed by atoms with van der Waals surface area (Å²) in [5.74, 6) is -1.54. The number of thioether (sulfide) groups is 1. The lowest BCUT2D eigenvalue weighted by atomic mass is 9.96. The number of carboxylic acid groups (broad SMARTS) is 1. The Balaban J connectivity index is 5.06. The maximum absolute atomic E-state index is 12.5. The van der Waals surface area contributed by atoms with Crippen molar-refractivity contribution in [3.05, 3.63) is 0 Å². The third-order valence-corrected chi connectivity index (χ3v) is 4.68. The number of carbonyl (C=O) groups excluding carboxylic acids is 2. The highest BCUT2D eigenvalue weighted by Crippen LogP contribution is 2.11. The van der Waals surface area contributed by atoms with Crippen LogP contribution in [0.5, 0.6) is 0 Å². The summed E-state index contributed by atoms with van der Waals surface area (Å²) in [6, 6.07) is -2.48. The molecule has 0 bridgehead atoms. The monoisotopic (exact) mass is 361 g/mol. The predicted molar refractivity (Wildman–Crippen MR) is 96.8 cm³/mol. The van der Waals surface area contributed by atoms with Crippen LogP contribution in [0.15, 0.2) is 0 Å². The number of rotatable bonds is 11. The zero-order valence-corrected chi connectivity index (χ0v) is 16.0. The minimum absolute atomic E-state index is 0.0565. The normalized spacial score (nSPS) is 16.1. The molecular formula is C16H31N3O4S. The van der Waals surface area contributed by atoms with Gasteiger partial charge in [0.2, 0.25) is 11.8 Å². The number of hydrogen-bond acceptors (Lipinski definition) is 5. The van der Waals surface area contributed by atoms with Gasteiger partial charge in [-0.3, -0.25) is 9.59 Å². The maximum atomic E-state index is 12.5. The highest BCUT2D eigenvalue weighted by atomic mass is 32.2. The Morgan fingerprint density at radius 3 is 2.12 bits per heavy atom. The first-order valence-corrected chi connectivity index (χ1v) is 9.63. The van der Waals surface area contributed by atoms with Crippen molar-refractivity contribution in [1.82, 2.24) is 10.6 Å². The quantitative estimate of drug-likeness (QED) is 0.432. The van der Waals surface area contributed by atoms with Crippen LogP contribution in [-0.2, 0) is 14.4 Å². The number of carboxylic acids is 1. The number of aliphatic carboxylic acids is 1. The molecule has 0 aliphatic heterocycles. The molecule has 5 N–H and O–H groups in total. The van der Waals surface area contributed by atoms with Crippen molar-refractivity contribution in [2.24, 2.45) is 17.6 Å². The predicted octanol–water partition coefficient (Wildman–Crippen LogP) is 0.823. The Labute approximate surface area is 148 Å². The zero-order chi connectivity index (χ0) is 18.9. The molecule has 24 heavy (non-hydrogen) atoms. The standard InChI is InChI=1S/C16H31N3O4S/c1-6-10(4)13(19-14(20)12(17)9(2)3)15(21)18-11(16(22)23)7-8-24-5/h9-13H,6-8,17H2,1-5H3,(H,18,21)(H,19,20)(H,22,23)/t10-,11-,12-,13-/m0/s1. The van der Waals surface area contributed by atoms with Crippen LogP contribution in [0.4, 0.5) is 0 Å². The second kappa shape index (κ2) is 11.3. The van der Waals surface area contributed by atoms with E-state index in [0.717, 1.165) is 0 Å². The molecule has 0 saturated heterocycles. The third-order valence-electron chi connectivity index (χ3n) is 4.04. The van der Waals surface area contributed by atoms with Gasteiger partial charge < -0.3 is 21.5 Å². The van der Waals surface area contributed by atoms with Crippen LogP contribution < -0.4 is 16.4 Å². The van der Waals surface area contributed by atoms with E-state index in [1.807, 2.05) is 34.0 Å². The van der Waals surface area contributed by atoms with Gasteiger partial charge in [0.15, 0.2) is 0 Å². The molecule has 0 aromatic carbocycles. The Morgan fingerprint density at radius 1 is 1.12 bits per heavy atom. The van der Waals surface area contributed by atoms with Gasteiger partial charge in [0.05, 0.1) is 6.04 Å². The Morgan fingerprint density at radius 2 is 1.71 bits per heavy atom. The molecule has 0 aromatic heterocycles. The van der Waals surface area contributed by atoms with Crippen molar-refractivity contribution in [2.75, 3.05) is 12.0 Å². The summed E-state index contributed by atoms with van der Waals surface area (Å²) >= 11 is 1.51. The largest absolute Gasteiger partial charge is 0.480 e. The number of nitrogens with two attached hydrogens (primary N) is 1. The molecule has 0 unspecified atom stereocenters. The molecule has 0 aromatic rings. The minimum atomic E-state index is -1.08. The highest BCUT2D eigenvalue weighted by molar-refractivity contribution is 7.98. The van der Waals surface area contributed by atoms with E-state index < -0.39 is 35.9 Å². The van der Waals surface area contributed by atoms with Gasteiger partial charge in [-0.25, -0.2) is 4.79 Å². The number of hydrogen-bond donors (Lipinski definition) is 4. The summed E-state index contributed by atoms with van der Waals surface area (Å²) in [4.78, 5) is 36.0. The second-order valence-corrected chi connectivity index (χ2v) is 7.31. The van der Waals surface area contributed by atoms with Crippen LogP contribution in [0, 0.1) is 11.8 Å². The lowest BCUT2D eigenvalue weighted by Crippen LogP contribution is -2.57. The van der Waals surface area contributed by atoms with Gasteiger partial charge in [0.25, 0.3) is 0 Å². The van der Waals surface area contributed by atoms with E-state index in [1.54, 1.807) is 0 Å². The van der Waals surface area contributed by atoms with Gasteiger partial charge in [-0.1, -0.05) is 34.1 Å². The molecule has 0 aliphatic carbocycles. The topological polar surface area (TPSA) is 122 Å². The molecule has 2 amide bonds. The van der Waals surface area contributed by atoms with Crippen LogP contribution in [0.1, 0.15) is 40.5 Å². The summed E-state index contributed by atoms with van der Waals surface area (Å²) in [6.45, 7) is 7.39. The van der Waals surface area contributed by atoms with E-state index in [-0.39, 0.29) is 11.8 Å². The van der Waals surface area contributed by atoms with Crippen molar-refractivity contribution in [3.63, 3.8) is 0 Å². The molecule has 0 rings (SSSR count). The smallest absolute Gasteiger partial charge is 0.326 e. The van der Waals surface area contributed by atoms with E-state index in [2.05, 4.69) is 10.6 Å². The summed E-state index contributed by atoms with van der Waals surface area (Å²) in [5, 5.41) is 14.4.